The van der Waals surface area contributed by atoms with Gasteiger partial charge in [0.05, 0.1) is 4.92 Å². The molecule has 0 fully saturated rings. The summed E-state index contributed by atoms with van der Waals surface area (Å²) in [6.45, 7) is 3.34. The van der Waals surface area contributed by atoms with Crippen molar-refractivity contribution in [2.75, 3.05) is 0 Å². The minimum atomic E-state index is -2.96. The first-order valence-electron chi connectivity index (χ1n) is 4.77. The van der Waals surface area contributed by atoms with Crippen LogP contribution in [0.15, 0.2) is 24.8 Å². The van der Waals surface area contributed by atoms with Crippen LogP contribution in [0.4, 0.5) is 14.5 Å². The Hall–Kier alpha value is -1.78. The summed E-state index contributed by atoms with van der Waals surface area (Å²) in [4.78, 5) is 10.2. The molecular formula is C11H9F2NO2. The zero-order chi connectivity index (χ0) is 11.9. The van der Waals surface area contributed by atoms with E-state index in [0.29, 0.717) is 5.56 Å². The summed E-state index contributed by atoms with van der Waals surface area (Å²) in [5.74, 6) is -2.96. The lowest BCUT2D eigenvalue weighted by Gasteiger charge is -2.26. The molecule has 2 rings (SSSR count). The molecule has 3 nitrogen and oxygen atoms in total. The zero-order valence-electron chi connectivity index (χ0n) is 8.37. The summed E-state index contributed by atoms with van der Waals surface area (Å²) in [5, 5.41) is 10.7. The van der Waals surface area contributed by atoms with Gasteiger partial charge in [-0.15, -0.1) is 0 Å². The molecule has 0 heterocycles. The van der Waals surface area contributed by atoms with Crippen LogP contribution in [0.5, 0.6) is 0 Å². The number of allylic oxidation sites excluding steroid dienone is 1. The van der Waals surface area contributed by atoms with Crippen LogP contribution in [0.1, 0.15) is 17.5 Å². The van der Waals surface area contributed by atoms with Crippen molar-refractivity contribution in [3.8, 4) is 0 Å². The summed E-state index contributed by atoms with van der Waals surface area (Å²) >= 11 is 0. The highest BCUT2D eigenvalue weighted by Crippen LogP contribution is 2.43. The molecule has 0 aliphatic heterocycles. The molecule has 84 valence electrons. The minimum absolute atomic E-state index is 0.0124. The van der Waals surface area contributed by atoms with Crippen molar-refractivity contribution in [1.82, 2.24) is 0 Å². The van der Waals surface area contributed by atoms with Gasteiger partial charge in [0.1, 0.15) is 0 Å². The number of rotatable bonds is 1. The molecule has 0 atom stereocenters. The fourth-order valence-corrected chi connectivity index (χ4v) is 1.92. The molecule has 1 aromatic carbocycles. The van der Waals surface area contributed by atoms with Crippen molar-refractivity contribution in [1.29, 1.82) is 0 Å². The van der Waals surface area contributed by atoms with E-state index in [1.807, 2.05) is 0 Å². The van der Waals surface area contributed by atoms with Gasteiger partial charge in [0.15, 0.2) is 0 Å². The molecule has 0 saturated heterocycles. The van der Waals surface area contributed by atoms with Crippen molar-refractivity contribution in [3.63, 3.8) is 0 Å². The molecule has 0 aromatic heterocycles. The monoisotopic (exact) mass is 225 g/mol. The Kier molecular flexibility index (Phi) is 2.26. The van der Waals surface area contributed by atoms with Crippen LogP contribution in [-0.2, 0) is 6.42 Å². The molecule has 1 aliphatic carbocycles. The second-order valence-corrected chi connectivity index (χ2v) is 3.74. The third-order valence-electron chi connectivity index (χ3n) is 2.80. The highest BCUT2D eigenvalue weighted by atomic mass is 19.3. The first kappa shape index (κ1) is 10.7. The number of hydrogen-bond donors (Lipinski definition) is 0. The fourth-order valence-electron chi connectivity index (χ4n) is 1.92. The minimum Gasteiger partial charge on any atom is -0.258 e. The number of alkyl halides is 2. The first-order valence-corrected chi connectivity index (χ1v) is 4.77. The van der Waals surface area contributed by atoms with E-state index in [4.69, 9.17) is 0 Å². The van der Waals surface area contributed by atoms with Gasteiger partial charge in [0.25, 0.3) is 11.6 Å². The molecule has 1 aromatic rings. The maximum absolute atomic E-state index is 13.3. The molecule has 0 N–H and O–H groups in total. The van der Waals surface area contributed by atoms with E-state index in [9.17, 15) is 18.9 Å². The average Bonchev–Trinajstić information content (AvgIpc) is 2.23. The lowest BCUT2D eigenvalue weighted by atomic mass is 9.84. The van der Waals surface area contributed by atoms with E-state index >= 15 is 0 Å². The van der Waals surface area contributed by atoms with Crippen molar-refractivity contribution in [3.05, 3.63) is 46.0 Å². The van der Waals surface area contributed by atoms with Crippen LogP contribution < -0.4 is 0 Å². The Morgan fingerprint density at radius 2 is 2.12 bits per heavy atom. The van der Waals surface area contributed by atoms with Gasteiger partial charge in [0, 0.05) is 23.6 Å². The first-order chi connectivity index (χ1) is 7.43. The predicted octanol–water partition coefficient (Wildman–Crippen LogP) is 3.19. The highest BCUT2D eigenvalue weighted by Gasteiger charge is 2.40. The summed E-state index contributed by atoms with van der Waals surface area (Å²) < 4.78 is 26.7. The summed E-state index contributed by atoms with van der Waals surface area (Å²) in [6, 6.07) is 4.19. The van der Waals surface area contributed by atoms with E-state index < -0.39 is 17.3 Å². The maximum Gasteiger partial charge on any atom is 0.273 e. The smallest absolute Gasteiger partial charge is 0.258 e. The third-order valence-corrected chi connectivity index (χ3v) is 2.80. The van der Waals surface area contributed by atoms with Crippen LogP contribution in [0, 0.1) is 10.1 Å². The summed E-state index contributed by atoms with van der Waals surface area (Å²) in [5.41, 5.74) is 0.153. The van der Waals surface area contributed by atoms with Crippen LogP contribution in [0.3, 0.4) is 0 Å². The van der Waals surface area contributed by atoms with Crippen LogP contribution >= 0.6 is 0 Å². The fraction of sp³-hybridized carbons (Fsp3) is 0.273. The predicted molar refractivity (Wildman–Crippen MR) is 55.4 cm³/mol. The van der Waals surface area contributed by atoms with E-state index in [1.165, 1.54) is 18.2 Å². The van der Waals surface area contributed by atoms with Crippen LogP contribution in [0.25, 0.3) is 5.57 Å². The molecule has 0 amide bonds. The largest absolute Gasteiger partial charge is 0.273 e. The Bertz CT molecular complexity index is 483. The second-order valence-electron chi connectivity index (χ2n) is 3.74. The Morgan fingerprint density at radius 3 is 2.75 bits per heavy atom. The van der Waals surface area contributed by atoms with Gasteiger partial charge in [-0.05, 0) is 12.0 Å². The normalized spacial score (nSPS) is 18.0. The van der Waals surface area contributed by atoms with Crippen molar-refractivity contribution in [2.24, 2.45) is 0 Å². The number of benzene rings is 1. The molecule has 0 spiro atoms. The number of halogens is 2. The lowest BCUT2D eigenvalue weighted by molar-refractivity contribution is -0.385. The van der Waals surface area contributed by atoms with Crippen molar-refractivity contribution < 1.29 is 13.7 Å². The Balaban J connectivity index is 2.60. The SMILES string of the molecule is C=C1c2cccc([N+](=O)[O-])c2CCC1(F)F. The lowest BCUT2D eigenvalue weighted by Crippen LogP contribution is -2.24. The van der Waals surface area contributed by atoms with Crippen LogP contribution in [0.2, 0.25) is 0 Å². The summed E-state index contributed by atoms with van der Waals surface area (Å²) in [6.07, 6.45) is -0.401. The number of fused-ring (bicyclic) bond motifs is 1. The zero-order valence-corrected chi connectivity index (χ0v) is 8.37. The molecule has 0 radical (unpaired) electrons. The van der Waals surface area contributed by atoms with Crippen molar-refractivity contribution in [2.45, 2.75) is 18.8 Å². The number of nitro groups is 1. The quantitative estimate of drug-likeness (QED) is 0.544. The highest BCUT2D eigenvalue weighted by molar-refractivity contribution is 5.75. The number of nitrogens with zero attached hydrogens (tertiary/aromatic N) is 1. The number of hydrogen-bond acceptors (Lipinski definition) is 2. The molecular weight excluding hydrogens is 216 g/mol. The van der Waals surface area contributed by atoms with E-state index in [1.54, 1.807) is 0 Å². The molecule has 1 aliphatic rings. The van der Waals surface area contributed by atoms with Gasteiger partial charge >= 0.3 is 0 Å². The molecule has 0 saturated carbocycles. The average molecular weight is 225 g/mol. The Labute approximate surface area is 90.5 Å². The van der Waals surface area contributed by atoms with Gasteiger partial charge < -0.3 is 0 Å². The standard InChI is InChI=1S/C11H9F2NO2/c1-7-8-3-2-4-10(14(15)16)9(8)5-6-11(7,12)13/h2-4H,1,5-6H2. The molecule has 0 unspecified atom stereocenters. The van der Waals surface area contributed by atoms with Crippen molar-refractivity contribution >= 4 is 11.3 Å². The van der Waals surface area contributed by atoms with Gasteiger partial charge in [-0.1, -0.05) is 18.7 Å². The topological polar surface area (TPSA) is 43.1 Å². The number of nitro benzene ring substituents is 1. The van der Waals surface area contributed by atoms with E-state index in [2.05, 4.69) is 6.58 Å². The van der Waals surface area contributed by atoms with Gasteiger partial charge in [-0.25, -0.2) is 8.78 Å². The summed E-state index contributed by atoms with van der Waals surface area (Å²) in [7, 11) is 0. The molecule has 5 heteroatoms. The van der Waals surface area contributed by atoms with E-state index in [0.717, 1.165) is 0 Å². The third kappa shape index (κ3) is 1.48. The van der Waals surface area contributed by atoms with Gasteiger partial charge in [0.2, 0.25) is 0 Å². The molecule has 16 heavy (non-hydrogen) atoms. The Morgan fingerprint density at radius 1 is 1.44 bits per heavy atom. The van der Waals surface area contributed by atoms with Gasteiger partial charge in [-0.2, -0.15) is 0 Å². The van der Waals surface area contributed by atoms with Gasteiger partial charge in [-0.3, -0.25) is 10.1 Å². The maximum atomic E-state index is 13.3. The molecule has 0 bridgehead atoms. The van der Waals surface area contributed by atoms with Crippen LogP contribution in [-0.4, -0.2) is 10.8 Å². The van der Waals surface area contributed by atoms with E-state index in [-0.39, 0.29) is 23.2 Å². The second kappa shape index (κ2) is 3.37.